The summed E-state index contributed by atoms with van der Waals surface area (Å²) in [6.45, 7) is 4.11. The molecule has 1 aliphatic heterocycles. The van der Waals surface area contributed by atoms with Gasteiger partial charge in [0.25, 0.3) is 0 Å². The largest absolute Gasteiger partial charge is 0.375 e. The molecule has 1 saturated heterocycles. The average Bonchev–Trinajstić information content (AvgIpc) is 3.49. The van der Waals surface area contributed by atoms with E-state index >= 15 is 0 Å². The lowest BCUT2D eigenvalue weighted by Gasteiger charge is -2.34. The number of ether oxygens (including phenoxy) is 1. The van der Waals surface area contributed by atoms with Crippen LogP contribution in [0.2, 0.25) is 0 Å². The van der Waals surface area contributed by atoms with Crippen LogP contribution in [0.25, 0.3) is 21.3 Å². The van der Waals surface area contributed by atoms with E-state index in [2.05, 4.69) is 43.6 Å². The molecule has 2 N–H and O–H groups in total. The number of nitrogens with zero attached hydrogens (tertiary/aromatic N) is 5. The van der Waals surface area contributed by atoms with Gasteiger partial charge in [0.05, 0.1) is 16.4 Å². The minimum absolute atomic E-state index is 0.0558. The van der Waals surface area contributed by atoms with Gasteiger partial charge in [0.1, 0.15) is 12.4 Å². The van der Waals surface area contributed by atoms with Crippen LogP contribution in [-0.4, -0.2) is 75.8 Å². The first-order valence-electron chi connectivity index (χ1n) is 10.8. The Labute approximate surface area is 195 Å². The number of hydrogen-bond acceptors (Lipinski definition) is 8. The normalized spacial score (nSPS) is 14.6. The van der Waals surface area contributed by atoms with Crippen LogP contribution in [0, 0.1) is 0 Å². The number of carbonyl (C=O) groups is 1. The van der Waals surface area contributed by atoms with Gasteiger partial charge in [-0.05, 0) is 35.4 Å². The van der Waals surface area contributed by atoms with E-state index in [1.54, 1.807) is 18.4 Å². The SMILES string of the molecule is COCC(=O)N1CCN(Cc2ccnc(Nc3nc4ccc(-c5cn[nH]c5)cc4s3)c2)CC1. The van der Waals surface area contributed by atoms with E-state index < -0.39 is 0 Å². The summed E-state index contributed by atoms with van der Waals surface area (Å²) in [6, 6.07) is 10.3. The van der Waals surface area contributed by atoms with Crippen molar-refractivity contribution < 1.29 is 9.53 Å². The fourth-order valence-electron chi connectivity index (χ4n) is 3.95. The highest BCUT2D eigenvalue weighted by molar-refractivity contribution is 7.22. The zero-order valence-electron chi connectivity index (χ0n) is 18.3. The number of nitrogens with one attached hydrogen (secondary N) is 2. The summed E-state index contributed by atoms with van der Waals surface area (Å²) in [5.74, 6) is 0.829. The number of carbonyl (C=O) groups excluding carboxylic acids is 1. The van der Waals surface area contributed by atoms with Crippen molar-refractivity contribution in [3.8, 4) is 11.1 Å². The molecule has 1 aromatic carbocycles. The molecular formula is C23H25N7O2S. The topological polar surface area (TPSA) is 99.3 Å². The number of aromatic amines is 1. The smallest absolute Gasteiger partial charge is 0.248 e. The fourth-order valence-corrected chi connectivity index (χ4v) is 4.86. The predicted molar refractivity (Wildman–Crippen MR) is 128 cm³/mol. The summed E-state index contributed by atoms with van der Waals surface area (Å²) in [6.07, 6.45) is 5.52. The standard InChI is InChI=1S/C23H25N7O2S/c1-32-15-22(31)30-8-6-29(7-9-30)14-16-4-5-24-21(10-16)28-23-27-19-3-2-17(11-20(19)33-23)18-12-25-26-13-18/h2-5,10-13H,6-9,14-15H2,1H3,(H,25,26)(H,24,27,28). The third kappa shape index (κ3) is 5.03. The molecule has 0 radical (unpaired) electrons. The second-order valence-electron chi connectivity index (χ2n) is 7.95. The summed E-state index contributed by atoms with van der Waals surface area (Å²) in [5.41, 5.74) is 4.29. The van der Waals surface area contributed by atoms with Crippen LogP contribution in [0.3, 0.4) is 0 Å². The van der Waals surface area contributed by atoms with Gasteiger partial charge in [-0.3, -0.25) is 14.8 Å². The van der Waals surface area contributed by atoms with Crippen molar-refractivity contribution in [2.75, 3.05) is 45.2 Å². The van der Waals surface area contributed by atoms with Gasteiger partial charge in [0.2, 0.25) is 5.91 Å². The Morgan fingerprint density at radius 3 is 2.85 bits per heavy atom. The molecule has 1 fully saturated rings. The molecule has 5 rings (SSSR count). The Kier molecular flexibility index (Phi) is 6.29. The second kappa shape index (κ2) is 9.65. The van der Waals surface area contributed by atoms with Crippen LogP contribution in [-0.2, 0) is 16.1 Å². The van der Waals surface area contributed by atoms with Crippen molar-refractivity contribution >= 4 is 38.4 Å². The Morgan fingerprint density at radius 2 is 2.06 bits per heavy atom. The van der Waals surface area contributed by atoms with E-state index in [4.69, 9.17) is 9.72 Å². The monoisotopic (exact) mass is 463 g/mol. The lowest BCUT2D eigenvalue weighted by Crippen LogP contribution is -2.49. The molecule has 33 heavy (non-hydrogen) atoms. The van der Waals surface area contributed by atoms with Gasteiger partial charge in [0, 0.05) is 57.8 Å². The van der Waals surface area contributed by atoms with E-state index in [0.29, 0.717) is 0 Å². The molecule has 0 spiro atoms. The summed E-state index contributed by atoms with van der Waals surface area (Å²) in [4.78, 5) is 25.4. The van der Waals surface area contributed by atoms with E-state index in [9.17, 15) is 4.79 Å². The van der Waals surface area contributed by atoms with Crippen LogP contribution < -0.4 is 5.32 Å². The number of piperazine rings is 1. The van der Waals surface area contributed by atoms with Crippen molar-refractivity contribution in [3.63, 3.8) is 0 Å². The third-order valence-electron chi connectivity index (χ3n) is 5.68. The van der Waals surface area contributed by atoms with Gasteiger partial charge < -0.3 is 15.0 Å². The molecule has 0 aliphatic carbocycles. The molecule has 3 aromatic heterocycles. The highest BCUT2D eigenvalue weighted by atomic mass is 32.1. The minimum Gasteiger partial charge on any atom is -0.375 e. The molecule has 4 aromatic rings. The van der Waals surface area contributed by atoms with Crippen LogP contribution in [0.4, 0.5) is 10.9 Å². The number of anilines is 2. The second-order valence-corrected chi connectivity index (χ2v) is 8.98. The van der Waals surface area contributed by atoms with Crippen LogP contribution in [0.5, 0.6) is 0 Å². The lowest BCUT2D eigenvalue weighted by atomic mass is 10.1. The summed E-state index contributed by atoms with van der Waals surface area (Å²) in [7, 11) is 1.55. The summed E-state index contributed by atoms with van der Waals surface area (Å²) in [5, 5.41) is 11.0. The molecule has 0 atom stereocenters. The number of pyridine rings is 1. The van der Waals surface area contributed by atoms with Gasteiger partial charge in [-0.2, -0.15) is 5.10 Å². The van der Waals surface area contributed by atoms with Crippen molar-refractivity contribution in [3.05, 3.63) is 54.5 Å². The van der Waals surface area contributed by atoms with Gasteiger partial charge in [0.15, 0.2) is 5.13 Å². The number of H-pyrrole nitrogens is 1. The van der Waals surface area contributed by atoms with Crippen LogP contribution in [0.1, 0.15) is 5.56 Å². The summed E-state index contributed by atoms with van der Waals surface area (Å²) >= 11 is 1.60. The third-order valence-corrected chi connectivity index (χ3v) is 6.61. The zero-order valence-corrected chi connectivity index (χ0v) is 19.1. The molecule has 1 aliphatic rings. The lowest BCUT2D eigenvalue weighted by molar-refractivity contribution is -0.136. The number of fused-ring (bicyclic) bond motifs is 1. The van der Waals surface area contributed by atoms with Crippen LogP contribution in [0.15, 0.2) is 48.9 Å². The Hall–Kier alpha value is -3.34. The fraction of sp³-hybridized carbons (Fsp3) is 0.304. The molecule has 0 unspecified atom stereocenters. The van der Waals surface area contributed by atoms with E-state index in [1.807, 2.05) is 35.6 Å². The highest BCUT2D eigenvalue weighted by Gasteiger charge is 2.21. The maximum Gasteiger partial charge on any atom is 0.248 e. The highest BCUT2D eigenvalue weighted by Crippen LogP contribution is 2.31. The van der Waals surface area contributed by atoms with E-state index in [1.165, 1.54) is 5.56 Å². The van der Waals surface area contributed by atoms with Crippen molar-refractivity contribution in [2.24, 2.45) is 0 Å². The van der Waals surface area contributed by atoms with Crippen molar-refractivity contribution in [2.45, 2.75) is 6.54 Å². The van der Waals surface area contributed by atoms with Crippen molar-refractivity contribution in [1.29, 1.82) is 0 Å². The summed E-state index contributed by atoms with van der Waals surface area (Å²) < 4.78 is 6.06. The number of aromatic nitrogens is 4. The zero-order chi connectivity index (χ0) is 22.6. The van der Waals surface area contributed by atoms with E-state index in [-0.39, 0.29) is 12.5 Å². The molecule has 1 amide bonds. The van der Waals surface area contributed by atoms with Crippen LogP contribution >= 0.6 is 11.3 Å². The number of amides is 1. The quantitative estimate of drug-likeness (QED) is 0.434. The first kappa shape index (κ1) is 21.5. The molecule has 0 saturated carbocycles. The first-order chi connectivity index (χ1) is 16.2. The predicted octanol–water partition coefficient (Wildman–Crippen LogP) is 3.12. The molecule has 10 heteroatoms. The van der Waals surface area contributed by atoms with E-state index in [0.717, 1.165) is 65.0 Å². The molecule has 4 heterocycles. The number of thiazole rings is 1. The number of methoxy groups -OCH3 is 1. The molecule has 170 valence electrons. The maximum absolute atomic E-state index is 12.0. The van der Waals surface area contributed by atoms with Gasteiger partial charge in [-0.1, -0.05) is 17.4 Å². The molecule has 9 nitrogen and oxygen atoms in total. The first-order valence-corrected chi connectivity index (χ1v) is 11.6. The number of benzene rings is 1. The minimum atomic E-state index is 0.0558. The number of rotatable bonds is 7. The Morgan fingerprint density at radius 1 is 1.18 bits per heavy atom. The Balaban J connectivity index is 1.23. The maximum atomic E-state index is 12.0. The Bertz CT molecular complexity index is 1230. The van der Waals surface area contributed by atoms with Gasteiger partial charge in [-0.25, -0.2) is 9.97 Å². The molecule has 0 bridgehead atoms. The van der Waals surface area contributed by atoms with Crippen molar-refractivity contribution in [1.82, 2.24) is 30.0 Å². The van der Waals surface area contributed by atoms with Gasteiger partial charge >= 0.3 is 0 Å². The average molecular weight is 464 g/mol. The number of hydrogen-bond donors (Lipinski definition) is 2. The molecular weight excluding hydrogens is 438 g/mol. The van der Waals surface area contributed by atoms with Gasteiger partial charge in [-0.15, -0.1) is 0 Å².